The fourth-order valence-corrected chi connectivity index (χ4v) is 3.09. The highest BCUT2D eigenvalue weighted by molar-refractivity contribution is 7.90. The van der Waals surface area contributed by atoms with Crippen LogP contribution in [0, 0.1) is 0 Å². The third-order valence-corrected chi connectivity index (χ3v) is 4.64. The number of benzene rings is 1. The van der Waals surface area contributed by atoms with Gasteiger partial charge in [-0.25, -0.2) is 8.42 Å². The predicted molar refractivity (Wildman–Crippen MR) is 72.1 cm³/mol. The van der Waals surface area contributed by atoms with Crippen molar-refractivity contribution in [3.05, 3.63) is 29.8 Å². The van der Waals surface area contributed by atoms with Crippen LogP contribution in [-0.4, -0.2) is 39.2 Å². The Morgan fingerprint density at radius 2 is 1.72 bits per heavy atom. The van der Waals surface area contributed by atoms with Crippen molar-refractivity contribution in [1.29, 1.82) is 0 Å². The molecule has 1 atom stereocenters. The number of hydrogen-bond donors (Lipinski definition) is 1. The molecule has 1 unspecified atom stereocenters. The molecule has 0 aromatic heterocycles. The van der Waals surface area contributed by atoms with Crippen LogP contribution in [-0.2, 0) is 9.84 Å². The van der Waals surface area contributed by atoms with Gasteiger partial charge in [-0.1, -0.05) is 12.1 Å². The minimum atomic E-state index is -3.13. The summed E-state index contributed by atoms with van der Waals surface area (Å²) in [5.74, 6) is 0. The Balaban J connectivity index is 2.33. The summed E-state index contributed by atoms with van der Waals surface area (Å²) >= 11 is 0. The molecule has 2 rings (SSSR count). The van der Waals surface area contributed by atoms with Crippen molar-refractivity contribution < 1.29 is 8.42 Å². The van der Waals surface area contributed by atoms with E-state index in [1.165, 1.54) is 6.26 Å². The summed E-state index contributed by atoms with van der Waals surface area (Å²) in [6, 6.07) is 7.20. The van der Waals surface area contributed by atoms with Gasteiger partial charge in [0.05, 0.1) is 10.9 Å². The van der Waals surface area contributed by atoms with Crippen LogP contribution in [0.1, 0.15) is 24.4 Å². The van der Waals surface area contributed by atoms with E-state index in [2.05, 4.69) is 4.90 Å². The lowest BCUT2D eigenvalue weighted by Crippen LogP contribution is -2.39. The predicted octanol–water partition coefficient (Wildman–Crippen LogP) is 1.18. The van der Waals surface area contributed by atoms with Gasteiger partial charge in [-0.2, -0.15) is 0 Å². The second-order valence-electron chi connectivity index (χ2n) is 5.44. The van der Waals surface area contributed by atoms with Crippen LogP contribution in [0.25, 0.3) is 0 Å². The Bertz CT molecular complexity index is 531. The van der Waals surface area contributed by atoms with E-state index in [-0.39, 0.29) is 11.6 Å². The summed E-state index contributed by atoms with van der Waals surface area (Å²) in [5.41, 5.74) is 7.21. The minimum absolute atomic E-state index is 0.145. The number of hydrogen-bond acceptors (Lipinski definition) is 4. The first-order valence-electron chi connectivity index (χ1n) is 5.99. The van der Waals surface area contributed by atoms with E-state index in [1.54, 1.807) is 12.1 Å². The first kappa shape index (κ1) is 13.5. The number of rotatable bonds is 4. The molecule has 1 aromatic rings. The van der Waals surface area contributed by atoms with Gasteiger partial charge in [0.25, 0.3) is 0 Å². The maximum atomic E-state index is 11.4. The SMILES string of the molecule is CN(C)C(c1ccc(S(C)(=O)=O)cc1)C1(N)CC1. The molecule has 0 bridgehead atoms. The molecule has 4 nitrogen and oxygen atoms in total. The third-order valence-electron chi connectivity index (χ3n) is 3.51. The summed E-state index contributed by atoms with van der Waals surface area (Å²) in [6.45, 7) is 0. The number of nitrogens with two attached hydrogens (primary N) is 1. The quantitative estimate of drug-likeness (QED) is 0.891. The Labute approximate surface area is 109 Å². The zero-order valence-corrected chi connectivity index (χ0v) is 11.9. The molecular weight excluding hydrogens is 248 g/mol. The van der Waals surface area contributed by atoms with Crippen LogP contribution in [0.15, 0.2) is 29.2 Å². The van der Waals surface area contributed by atoms with E-state index in [4.69, 9.17) is 5.73 Å². The molecule has 2 N–H and O–H groups in total. The fourth-order valence-electron chi connectivity index (χ4n) is 2.46. The lowest BCUT2D eigenvalue weighted by molar-refractivity contribution is 0.246. The molecule has 0 spiro atoms. The van der Waals surface area contributed by atoms with Gasteiger partial charge in [-0.05, 0) is 44.6 Å². The second-order valence-corrected chi connectivity index (χ2v) is 7.46. The number of nitrogens with zero attached hydrogens (tertiary/aromatic N) is 1. The average molecular weight is 268 g/mol. The van der Waals surface area contributed by atoms with Crippen molar-refractivity contribution >= 4 is 9.84 Å². The summed E-state index contributed by atoms with van der Waals surface area (Å²) in [4.78, 5) is 2.45. The van der Waals surface area contributed by atoms with Gasteiger partial charge in [0.15, 0.2) is 9.84 Å². The highest BCUT2D eigenvalue weighted by Crippen LogP contribution is 2.45. The van der Waals surface area contributed by atoms with E-state index in [0.29, 0.717) is 4.90 Å². The van der Waals surface area contributed by atoms with Crippen molar-refractivity contribution in [2.45, 2.75) is 29.3 Å². The first-order valence-corrected chi connectivity index (χ1v) is 7.88. The molecule has 1 aliphatic carbocycles. The zero-order valence-electron chi connectivity index (χ0n) is 11.1. The average Bonchev–Trinajstić information content (AvgIpc) is 2.96. The van der Waals surface area contributed by atoms with Crippen molar-refractivity contribution in [3.8, 4) is 0 Å². The highest BCUT2D eigenvalue weighted by atomic mass is 32.2. The molecule has 18 heavy (non-hydrogen) atoms. The highest BCUT2D eigenvalue weighted by Gasteiger charge is 2.47. The summed E-state index contributed by atoms with van der Waals surface area (Å²) in [7, 11) is 0.874. The molecule has 0 saturated heterocycles. The van der Waals surface area contributed by atoms with Crippen molar-refractivity contribution in [2.24, 2.45) is 5.73 Å². The molecule has 5 heteroatoms. The zero-order chi connectivity index (χ0) is 13.6. The van der Waals surface area contributed by atoms with E-state index >= 15 is 0 Å². The smallest absolute Gasteiger partial charge is 0.175 e. The third kappa shape index (κ3) is 2.58. The van der Waals surface area contributed by atoms with Gasteiger partial charge in [0.2, 0.25) is 0 Å². The fraction of sp³-hybridized carbons (Fsp3) is 0.538. The molecule has 1 fully saturated rings. The molecule has 0 radical (unpaired) electrons. The van der Waals surface area contributed by atoms with Gasteiger partial charge < -0.3 is 10.6 Å². The summed E-state index contributed by atoms with van der Waals surface area (Å²) in [5, 5.41) is 0. The van der Waals surface area contributed by atoms with Gasteiger partial charge in [0.1, 0.15) is 0 Å². The summed E-state index contributed by atoms with van der Waals surface area (Å²) in [6.07, 6.45) is 3.25. The Kier molecular flexibility index (Phi) is 3.25. The molecule has 1 aliphatic rings. The van der Waals surface area contributed by atoms with Crippen LogP contribution in [0.3, 0.4) is 0 Å². The van der Waals surface area contributed by atoms with Crippen LogP contribution in [0.2, 0.25) is 0 Å². The normalized spacial score (nSPS) is 19.8. The van der Waals surface area contributed by atoms with E-state index in [9.17, 15) is 8.42 Å². The van der Waals surface area contributed by atoms with Crippen LogP contribution in [0.5, 0.6) is 0 Å². The van der Waals surface area contributed by atoms with E-state index < -0.39 is 9.84 Å². The lowest BCUT2D eigenvalue weighted by atomic mass is 9.97. The second kappa shape index (κ2) is 4.33. The van der Waals surface area contributed by atoms with Crippen LogP contribution >= 0.6 is 0 Å². The van der Waals surface area contributed by atoms with E-state index in [1.807, 2.05) is 26.2 Å². The maximum Gasteiger partial charge on any atom is 0.175 e. The molecule has 0 amide bonds. The molecule has 1 saturated carbocycles. The number of likely N-dealkylation sites (N-methyl/N-ethyl adjacent to an activating group) is 1. The minimum Gasteiger partial charge on any atom is -0.323 e. The van der Waals surface area contributed by atoms with E-state index in [0.717, 1.165) is 18.4 Å². The Morgan fingerprint density at radius 3 is 2.06 bits per heavy atom. The van der Waals surface area contributed by atoms with Crippen LogP contribution < -0.4 is 5.73 Å². The molecule has 100 valence electrons. The first-order chi connectivity index (χ1) is 8.24. The van der Waals surface area contributed by atoms with Gasteiger partial charge in [-0.3, -0.25) is 0 Å². The lowest BCUT2D eigenvalue weighted by Gasteiger charge is -2.30. The van der Waals surface area contributed by atoms with Crippen molar-refractivity contribution in [3.63, 3.8) is 0 Å². The van der Waals surface area contributed by atoms with Gasteiger partial charge in [-0.15, -0.1) is 0 Å². The monoisotopic (exact) mass is 268 g/mol. The van der Waals surface area contributed by atoms with Crippen molar-refractivity contribution in [2.75, 3.05) is 20.4 Å². The Hall–Kier alpha value is -0.910. The molecular formula is C13H20N2O2S. The Morgan fingerprint density at radius 1 is 1.22 bits per heavy atom. The van der Waals surface area contributed by atoms with Crippen molar-refractivity contribution in [1.82, 2.24) is 4.90 Å². The largest absolute Gasteiger partial charge is 0.323 e. The standard InChI is InChI=1S/C13H20N2O2S/c1-15(2)12(13(14)8-9-13)10-4-6-11(7-5-10)18(3,16)17/h4-7,12H,8-9,14H2,1-3H3. The maximum absolute atomic E-state index is 11.4. The summed E-state index contributed by atoms with van der Waals surface area (Å²) < 4.78 is 22.8. The molecule has 0 heterocycles. The number of sulfone groups is 1. The van der Waals surface area contributed by atoms with Gasteiger partial charge in [0, 0.05) is 11.8 Å². The topological polar surface area (TPSA) is 63.4 Å². The van der Waals surface area contributed by atoms with Crippen LogP contribution in [0.4, 0.5) is 0 Å². The molecule has 0 aliphatic heterocycles. The molecule has 1 aromatic carbocycles. The van der Waals surface area contributed by atoms with Gasteiger partial charge >= 0.3 is 0 Å².